The Balaban J connectivity index is 1.53. The van der Waals surface area contributed by atoms with Crippen molar-refractivity contribution < 1.29 is 18.5 Å². The first-order valence-electron chi connectivity index (χ1n) is 7.83. The van der Waals surface area contributed by atoms with Crippen molar-refractivity contribution in [3.63, 3.8) is 0 Å². The fraction of sp³-hybridized carbons (Fsp3) is 0.167. The molecule has 0 radical (unpaired) electrons. The number of furan rings is 1. The van der Waals surface area contributed by atoms with Crippen LogP contribution < -0.4 is 10.2 Å². The van der Waals surface area contributed by atoms with Gasteiger partial charge >= 0.3 is 0 Å². The van der Waals surface area contributed by atoms with E-state index in [2.05, 4.69) is 10.5 Å². The largest absolute Gasteiger partial charge is 0.461 e. The van der Waals surface area contributed by atoms with E-state index < -0.39 is 0 Å². The maximum Gasteiger partial charge on any atom is 0.277 e. The summed E-state index contributed by atoms with van der Waals surface area (Å²) in [4.78, 5) is 25.7. The van der Waals surface area contributed by atoms with E-state index in [0.717, 1.165) is 11.3 Å². The van der Waals surface area contributed by atoms with Gasteiger partial charge in [-0.2, -0.15) is 0 Å². The molecule has 0 aliphatic carbocycles. The summed E-state index contributed by atoms with van der Waals surface area (Å²) < 4.78 is 10.3. The number of nitrogens with one attached hydrogen (secondary N) is 1. The number of carbonyl (C=O) groups excluding carboxylic acids is 2. The zero-order valence-electron chi connectivity index (χ0n) is 13.5. The molecule has 0 fully saturated rings. The van der Waals surface area contributed by atoms with Crippen LogP contribution in [0.1, 0.15) is 22.5 Å². The van der Waals surface area contributed by atoms with Crippen LogP contribution in [-0.2, 0) is 11.2 Å². The van der Waals surface area contributed by atoms with Crippen molar-refractivity contribution in [1.29, 1.82) is 0 Å². The van der Waals surface area contributed by atoms with Gasteiger partial charge in [-0.3, -0.25) is 9.59 Å². The second-order valence-electron chi connectivity index (χ2n) is 5.80. The van der Waals surface area contributed by atoms with Crippen LogP contribution in [-0.4, -0.2) is 24.0 Å². The van der Waals surface area contributed by atoms with Crippen molar-refractivity contribution in [3.8, 4) is 11.5 Å². The lowest BCUT2D eigenvalue weighted by molar-refractivity contribution is -0.118. The molecule has 4 rings (SSSR count). The van der Waals surface area contributed by atoms with Crippen molar-refractivity contribution in [3.05, 3.63) is 53.9 Å². The number of nitrogens with zero attached hydrogens (tertiary/aromatic N) is 2. The van der Waals surface area contributed by atoms with Crippen LogP contribution in [0.5, 0.6) is 0 Å². The van der Waals surface area contributed by atoms with Crippen LogP contribution in [0.4, 0.5) is 11.4 Å². The fourth-order valence-electron chi connectivity index (χ4n) is 2.85. The number of aryl methyl sites for hydroxylation is 1. The number of hydrogen-bond acceptors (Lipinski definition) is 5. The standard InChI is InChI=1S/C18H15N3O4/c1-21-14-6-5-12(9-11(14)4-7-17(21)22)19-18(23)13-10-16(25-20-13)15-3-2-8-24-15/h2-3,5-6,8-10H,4,7H2,1H3,(H,19,23). The summed E-state index contributed by atoms with van der Waals surface area (Å²) in [6, 6.07) is 10.5. The number of aromatic nitrogens is 1. The first kappa shape index (κ1) is 15.2. The summed E-state index contributed by atoms with van der Waals surface area (Å²) in [6.45, 7) is 0. The molecular formula is C18H15N3O4. The van der Waals surface area contributed by atoms with Gasteiger partial charge in [-0.05, 0) is 42.3 Å². The number of fused-ring (bicyclic) bond motifs is 1. The van der Waals surface area contributed by atoms with E-state index in [1.54, 1.807) is 30.1 Å². The Morgan fingerprint density at radius 2 is 2.08 bits per heavy atom. The Bertz CT molecular complexity index is 943. The molecule has 1 aromatic carbocycles. The average Bonchev–Trinajstić information content (AvgIpc) is 3.29. The molecule has 0 bridgehead atoms. The molecule has 25 heavy (non-hydrogen) atoms. The van der Waals surface area contributed by atoms with Gasteiger partial charge in [0.2, 0.25) is 11.7 Å². The van der Waals surface area contributed by atoms with Crippen molar-refractivity contribution >= 4 is 23.2 Å². The molecule has 0 saturated carbocycles. The number of carbonyl (C=O) groups is 2. The minimum Gasteiger partial charge on any atom is -0.461 e. The minimum atomic E-state index is -0.373. The van der Waals surface area contributed by atoms with Crippen molar-refractivity contribution in [2.24, 2.45) is 0 Å². The molecule has 0 atom stereocenters. The molecule has 0 unspecified atom stereocenters. The SMILES string of the molecule is CN1C(=O)CCc2cc(NC(=O)c3cc(-c4ccco4)on3)ccc21. The van der Waals surface area contributed by atoms with E-state index in [1.807, 2.05) is 12.1 Å². The smallest absolute Gasteiger partial charge is 0.277 e. The third-order valence-corrected chi connectivity index (χ3v) is 4.19. The molecule has 7 nitrogen and oxygen atoms in total. The average molecular weight is 337 g/mol. The van der Waals surface area contributed by atoms with Crippen LogP contribution in [0.15, 0.2) is 51.6 Å². The molecule has 1 aliphatic heterocycles. The van der Waals surface area contributed by atoms with Gasteiger partial charge in [-0.15, -0.1) is 0 Å². The van der Waals surface area contributed by atoms with Gasteiger partial charge in [0.15, 0.2) is 11.5 Å². The molecule has 1 N–H and O–H groups in total. The maximum absolute atomic E-state index is 12.4. The van der Waals surface area contributed by atoms with E-state index in [9.17, 15) is 9.59 Å². The normalized spacial score (nSPS) is 13.6. The highest BCUT2D eigenvalue weighted by Crippen LogP contribution is 2.29. The molecule has 7 heteroatoms. The van der Waals surface area contributed by atoms with Gasteiger partial charge in [0.25, 0.3) is 5.91 Å². The number of benzene rings is 1. The van der Waals surface area contributed by atoms with Crippen LogP contribution >= 0.6 is 0 Å². The van der Waals surface area contributed by atoms with E-state index in [1.165, 1.54) is 12.3 Å². The Hall–Kier alpha value is -3.35. The van der Waals surface area contributed by atoms with Crippen LogP contribution in [0.2, 0.25) is 0 Å². The van der Waals surface area contributed by atoms with Gasteiger partial charge < -0.3 is 19.2 Å². The summed E-state index contributed by atoms with van der Waals surface area (Å²) in [5.74, 6) is 0.618. The van der Waals surface area contributed by atoms with Gasteiger partial charge in [0, 0.05) is 30.9 Å². The maximum atomic E-state index is 12.4. The van der Waals surface area contributed by atoms with Crippen LogP contribution in [0.25, 0.3) is 11.5 Å². The Morgan fingerprint density at radius 1 is 1.20 bits per heavy atom. The highest BCUT2D eigenvalue weighted by molar-refractivity contribution is 6.03. The Labute approximate surface area is 143 Å². The summed E-state index contributed by atoms with van der Waals surface area (Å²) in [5.41, 5.74) is 2.71. The van der Waals surface area contributed by atoms with Crippen molar-refractivity contribution in [1.82, 2.24) is 5.16 Å². The number of rotatable bonds is 3. The molecule has 126 valence electrons. The number of amides is 2. The lowest BCUT2D eigenvalue weighted by Crippen LogP contribution is -2.31. The van der Waals surface area contributed by atoms with E-state index in [4.69, 9.17) is 8.94 Å². The highest BCUT2D eigenvalue weighted by Gasteiger charge is 2.21. The van der Waals surface area contributed by atoms with Gasteiger partial charge in [0.1, 0.15) is 0 Å². The van der Waals surface area contributed by atoms with Crippen LogP contribution in [0.3, 0.4) is 0 Å². The van der Waals surface area contributed by atoms with Gasteiger partial charge in [-0.1, -0.05) is 5.16 Å². The first-order valence-corrected chi connectivity index (χ1v) is 7.83. The zero-order chi connectivity index (χ0) is 17.4. The second kappa shape index (κ2) is 5.94. The molecular weight excluding hydrogens is 322 g/mol. The first-order chi connectivity index (χ1) is 12.1. The van der Waals surface area contributed by atoms with E-state index >= 15 is 0 Å². The molecule has 1 aliphatic rings. The van der Waals surface area contributed by atoms with Crippen molar-refractivity contribution in [2.75, 3.05) is 17.3 Å². The summed E-state index contributed by atoms with van der Waals surface area (Å²) in [6.07, 6.45) is 2.65. The third-order valence-electron chi connectivity index (χ3n) is 4.19. The van der Waals surface area contributed by atoms with E-state index in [-0.39, 0.29) is 17.5 Å². The predicted octanol–water partition coefficient (Wildman–Crippen LogP) is 3.10. The zero-order valence-corrected chi connectivity index (χ0v) is 13.5. The van der Waals surface area contributed by atoms with E-state index in [0.29, 0.717) is 30.0 Å². The number of anilines is 2. The molecule has 0 spiro atoms. The predicted molar refractivity (Wildman–Crippen MR) is 90.3 cm³/mol. The topological polar surface area (TPSA) is 88.6 Å². The molecule has 3 aromatic rings. The number of hydrogen-bond donors (Lipinski definition) is 1. The summed E-state index contributed by atoms with van der Waals surface area (Å²) in [7, 11) is 1.75. The Kier molecular flexibility index (Phi) is 3.61. The molecule has 3 heterocycles. The fourth-order valence-corrected chi connectivity index (χ4v) is 2.85. The highest BCUT2D eigenvalue weighted by atomic mass is 16.5. The van der Waals surface area contributed by atoms with Gasteiger partial charge in [-0.25, -0.2) is 0 Å². The van der Waals surface area contributed by atoms with Crippen molar-refractivity contribution in [2.45, 2.75) is 12.8 Å². The molecule has 2 amide bonds. The molecule has 2 aromatic heterocycles. The summed E-state index contributed by atoms with van der Waals surface area (Å²) in [5, 5.41) is 6.58. The van der Waals surface area contributed by atoms with Crippen LogP contribution in [0, 0.1) is 0 Å². The quantitative estimate of drug-likeness (QED) is 0.793. The monoisotopic (exact) mass is 337 g/mol. The van der Waals surface area contributed by atoms with Gasteiger partial charge in [0.05, 0.1) is 6.26 Å². The minimum absolute atomic E-state index is 0.0948. The Morgan fingerprint density at radius 3 is 2.88 bits per heavy atom. The lowest BCUT2D eigenvalue weighted by Gasteiger charge is -2.26. The second-order valence-corrected chi connectivity index (χ2v) is 5.80. The molecule has 0 saturated heterocycles. The third kappa shape index (κ3) is 2.80. The summed E-state index contributed by atoms with van der Waals surface area (Å²) >= 11 is 0. The lowest BCUT2D eigenvalue weighted by atomic mass is 10.0.